The number of amides is 1. The van der Waals surface area contributed by atoms with Crippen molar-refractivity contribution in [1.29, 1.82) is 0 Å². The molecule has 2 N–H and O–H groups in total. The lowest BCUT2D eigenvalue weighted by atomic mass is 9.95. The van der Waals surface area contributed by atoms with Crippen LogP contribution in [0, 0.1) is 5.41 Å². The molecule has 2 aromatic carbocycles. The van der Waals surface area contributed by atoms with Gasteiger partial charge in [-0.2, -0.15) is 0 Å². The van der Waals surface area contributed by atoms with E-state index in [1.165, 1.54) is 0 Å². The summed E-state index contributed by atoms with van der Waals surface area (Å²) in [5.74, 6) is 1.35. The number of hydrogen-bond acceptors (Lipinski definition) is 5. The van der Waals surface area contributed by atoms with Crippen LogP contribution >= 0.6 is 11.6 Å². The van der Waals surface area contributed by atoms with Crippen LogP contribution in [0.1, 0.15) is 27.2 Å². The minimum Gasteiger partial charge on any atom is -0.491 e. The normalized spacial score (nSPS) is 17.9. The van der Waals surface area contributed by atoms with Crippen molar-refractivity contribution in [3.05, 3.63) is 53.6 Å². The molecule has 0 saturated carbocycles. The number of ether oxygens (including phenoxy) is 2. The third-order valence-corrected chi connectivity index (χ3v) is 5.28. The zero-order valence-electron chi connectivity index (χ0n) is 18.3. The molecule has 2 atom stereocenters. The maximum Gasteiger partial charge on any atom is 0.229 e. The number of nitrogens with zero attached hydrogens (tertiary/aromatic N) is 1. The van der Waals surface area contributed by atoms with Crippen LogP contribution in [-0.4, -0.2) is 54.4 Å². The molecule has 1 amide bonds. The van der Waals surface area contributed by atoms with Gasteiger partial charge in [0.2, 0.25) is 5.91 Å². The molecular weight excluding hydrogens is 416 g/mol. The Morgan fingerprint density at radius 1 is 1.23 bits per heavy atom. The lowest BCUT2D eigenvalue weighted by Crippen LogP contribution is -2.35. The van der Waals surface area contributed by atoms with E-state index in [1.54, 1.807) is 6.07 Å². The van der Waals surface area contributed by atoms with Gasteiger partial charge >= 0.3 is 0 Å². The minimum atomic E-state index is -0.623. The Morgan fingerprint density at radius 3 is 2.68 bits per heavy atom. The first-order valence-corrected chi connectivity index (χ1v) is 10.9. The number of hydrogen-bond donors (Lipinski definition) is 2. The highest BCUT2D eigenvalue weighted by Gasteiger charge is 2.26. The molecule has 1 saturated heterocycles. The summed E-state index contributed by atoms with van der Waals surface area (Å²) >= 11 is 5.91. The summed E-state index contributed by atoms with van der Waals surface area (Å²) in [6.45, 7) is 7.90. The first kappa shape index (κ1) is 23.4. The number of carbonyl (C=O) groups is 1. The maximum absolute atomic E-state index is 12.1. The van der Waals surface area contributed by atoms with Crippen molar-refractivity contribution in [3.63, 3.8) is 0 Å². The second kappa shape index (κ2) is 10.4. The van der Waals surface area contributed by atoms with E-state index in [2.05, 4.69) is 10.2 Å². The first-order valence-electron chi connectivity index (χ1n) is 10.6. The Balaban J connectivity index is 1.42. The van der Waals surface area contributed by atoms with Gasteiger partial charge in [0.25, 0.3) is 0 Å². The quantitative estimate of drug-likeness (QED) is 0.635. The molecule has 0 aliphatic carbocycles. The fourth-order valence-corrected chi connectivity index (χ4v) is 3.42. The average Bonchev–Trinajstić information content (AvgIpc) is 3.14. The third kappa shape index (κ3) is 7.42. The number of carbonyl (C=O) groups excluding carboxylic acids is 1. The summed E-state index contributed by atoms with van der Waals surface area (Å²) < 4.78 is 11.7. The van der Waals surface area contributed by atoms with Gasteiger partial charge in [-0.25, -0.2) is 0 Å². The Kier molecular flexibility index (Phi) is 7.81. The van der Waals surface area contributed by atoms with Gasteiger partial charge in [-0.3, -0.25) is 9.69 Å². The first-order chi connectivity index (χ1) is 14.7. The van der Waals surface area contributed by atoms with Crippen LogP contribution in [0.2, 0.25) is 5.02 Å². The lowest BCUT2D eigenvalue weighted by Gasteiger charge is -2.21. The number of benzene rings is 2. The number of halogens is 1. The molecule has 0 bridgehead atoms. The van der Waals surface area contributed by atoms with Crippen LogP contribution < -0.4 is 14.8 Å². The van der Waals surface area contributed by atoms with Gasteiger partial charge in [0.15, 0.2) is 0 Å². The number of rotatable bonds is 8. The standard InChI is InChI=1S/C24H31ClN2O4/c1-24(2,3)23(29)26-18-5-4-6-21(13-18)30-16-19(28)14-27-12-11-22(15-27)31-20-9-7-17(25)8-10-20/h4-10,13,19,22,28H,11-12,14-16H2,1-3H3,(H,26,29). The van der Waals surface area contributed by atoms with Gasteiger partial charge < -0.3 is 19.9 Å². The molecule has 1 aliphatic rings. The molecular formula is C24H31ClN2O4. The molecule has 0 aromatic heterocycles. The van der Waals surface area contributed by atoms with Crippen molar-refractivity contribution in [2.24, 2.45) is 5.41 Å². The fraction of sp³-hybridized carbons (Fsp3) is 0.458. The van der Waals surface area contributed by atoms with Crippen molar-refractivity contribution in [3.8, 4) is 11.5 Å². The SMILES string of the molecule is CC(C)(C)C(=O)Nc1cccc(OCC(O)CN2CCC(Oc3ccc(Cl)cc3)C2)c1. The number of β-amino-alcohol motifs (C(OH)–C–C–N with tert-alkyl or cyclic N) is 1. The highest BCUT2D eigenvalue weighted by Crippen LogP contribution is 2.22. The molecule has 1 aliphatic heterocycles. The zero-order chi connectivity index (χ0) is 22.4. The smallest absolute Gasteiger partial charge is 0.229 e. The van der Waals surface area contributed by atoms with Crippen LogP contribution in [0.5, 0.6) is 11.5 Å². The highest BCUT2D eigenvalue weighted by atomic mass is 35.5. The Morgan fingerprint density at radius 2 is 1.97 bits per heavy atom. The largest absolute Gasteiger partial charge is 0.491 e. The summed E-state index contributed by atoms with van der Waals surface area (Å²) in [6.07, 6.45) is 0.380. The second-order valence-electron chi connectivity index (χ2n) is 8.94. The van der Waals surface area contributed by atoms with Crippen LogP contribution in [-0.2, 0) is 4.79 Å². The van der Waals surface area contributed by atoms with Crippen LogP contribution in [0.25, 0.3) is 0 Å². The predicted molar refractivity (Wildman–Crippen MR) is 123 cm³/mol. The maximum atomic E-state index is 12.1. The molecule has 2 aromatic rings. The molecule has 1 heterocycles. The van der Waals surface area contributed by atoms with Gasteiger partial charge in [-0.1, -0.05) is 38.4 Å². The molecule has 1 fully saturated rings. The van der Waals surface area contributed by atoms with E-state index in [4.69, 9.17) is 21.1 Å². The summed E-state index contributed by atoms with van der Waals surface area (Å²) in [6, 6.07) is 14.6. The third-order valence-electron chi connectivity index (χ3n) is 5.03. The molecule has 0 radical (unpaired) electrons. The van der Waals surface area contributed by atoms with Gasteiger partial charge in [0.1, 0.15) is 30.3 Å². The number of anilines is 1. The molecule has 7 heteroatoms. The van der Waals surface area contributed by atoms with Crippen LogP contribution in [0.3, 0.4) is 0 Å². The van der Waals surface area contributed by atoms with E-state index in [1.807, 2.05) is 63.2 Å². The predicted octanol–water partition coefficient (Wildman–Crippen LogP) is 4.22. The molecule has 6 nitrogen and oxygen atoms in total. The van der Waals surface area contributed by atoms with Crippen molar-refractivity contribution in [1.82, 2.24) is 4.90 Å². The Labute approximate surface area is 189 Å². The summed E-state index contributed by atoms with van der Waals surface area (Å²) in [4.78, 5) is 14.3. The topological polar surface area (TPSA) is 71.0 Å². The van der Waals surface area contributed by atoms with E-state index in [9.17, 15) is 9.90 Å². The summed E-state index contributed by atoms with van der Waals surface area (Å²) in [5, 5.41) is 14.0. The summed E-state index contributed by atoms with van der Waals surface area (Å²) in [7, 11) is 0. The minimum absolute atomic E-state index is 0.0610. The average molecular weight is 447 g/mol. The molecule has 2 unspecified atom stereocenters. The highest BCUT2D eigenvalue weighted by molar-refractivity contribution is 6.30. The number of nitrogens with one attached hydrogen (secondary N) is 1. The Bertz CT molecular complexity index is 867. The zero-order valence-corrected chi connectivity index (χ0v) is 19.1. The fourth-order valence-electron chi connectivity index (χ4n) is 3.29. The van der Waals surface area contributed by atoms with E-state index in [-0.39, 0.29) is 18.6 Å². The molecule has 168 valence electrons. The second-order valence-corrected chi connectivity index (χ2v) is 9.38. The van der Waals surface area contributed by atoms with Crippen molar-refractivity contribution < 1.29 is 19.4 Å². The lowest BCUT2D eigenvalue weighted by molar-refractivity contribution is -0.123. The van der Waals surface area contributed by atoms with Crippen molar-refractivity contribution in [2.75, 3.05) is 31.6 Å². The van der Waals surface area contributed by atoms with Crippen molar-refractivity contribution in [2.45, 2.75) is 39.4 Å². The van der Waals surface area contributed by atoms with Gasteiger partial charge in [0.05, 0.1) is 0 Å². The van der Waals surface area contributed by atoms with E-state index in [0.717, 1.165) is 25.3 Å². The molecule has 0 spiro atoms. The molecule has 3 rings (SSSR count). The Hall–Kier alpha value is -2.28. The van der Waals surface area contributed by atoms with Gasteiger partial charge in [-0.05, 0) is 42.8 Å². The van der Waals surface area contributed by atoms with Crippen molar-refractivity contribution >= 4 is 23.2 Å². The summed E-state index contributed by atoms with van der Waals surface area (Å²) in [5.41, 5.74) is 0.200. The van der Waals surface area contributed by atoms with E-state index < -0.39 is 11.5 Å². The monoisotopic (exact) mass is 446 g/mol. The van der Waals surface area contributed by atoms with E-state index >= 15 is 0 Å². The number of likely N-dealkylation sites (tertiary alicyclic amines) is 1. The van der Waals surface area contributed by atoms with Gasteiger partial charge in [0, 0.05) is 41.8 Å². The number of aliphatic hydroxyl groups excluding tert-OH is 1. The van der Waals surface area contributed by atoms with Crippen LogP contribution in [0.15, 0.2) is 48.5 Å². The number of aliphatic hydroxyl groups is 1. The van der Waals surface area contributed by atoms with Gasteiger partial charge in [-0.15, -0.1) is 0 Å². The van der Waals surface area contributed by atoms with E-state index in [0.29, 0.717) is 23.0 Å². The molecule has 31 heavy (non-hydrogen) atoms. The van der Waals surface area contributed by atoms with Crippen LogP contribution in [0.4, 0.5) is 5.69 Å².